The van der Waals surface area contributed by atoms with Gasteiger partial charge in [0.15, 0.2) is 6.10 Å². The molecule has 0 saturated carbocycles. The lowest BCUT2D eigenvalue weighted by atomic mass is 10.1. The number of hydrogen-bond acceptors (Lipinski definition) is 2. The van der Waals surface area contributed by atoms with Crippen LogP contribution in [0.2, 0.25) is 0 Å². The van der Waals surface area contributed by atoms with Gasteiger partial charge in [-0.2, -0.15) is 0 Å². The second-order valence-corrected chi connectivity index (χ2v) is 4.06. The average molecular weight is 232 g/mol. The molecular weight excluding hydrogens is 216 g/mol. The van der Waals surface area contributed by atoms with Crippen molar-refractivity contribution in [2.24, 2.45) is 0 Å². The van der Waals surface area contributed by atoms with E-state index in [0.717, 1.165) is 11.1 Å². The van der Waals surface area contributed by atoms with Gasteiger partial charge in [-0.1, -0.05) is 18.1 Å². The molecule has 0 spiro atoms. The van der Waals surface area contributed by atoms with Gasteiger partial charge in [0.2, 0.25) is 0 Å². The molecule has 1 aromatic carbocycles. The van der Waals surface area contributed by atoms with Gasteiger partial charge < -0.3 is 9.84 Å². The fourth-order valence-electron chi connectivity index (χ4n) is 1.52. The molecule has 90 valence electrons. The molecule has 1 N–H and O–H groups in total. The Morgan fingerprint density at radius 2 is 2.24 bits per heavy atom. The molecule has 1 rings (SSSR count). The van der Waals surface area contributed by atoms with Gasteiger partial charge in [-0.25, -0.2) is 4.79 Å². The lowest BCUT2D eigenvalue weighted by molar-refractivity contribution is -0.153. The zero-order chi connectivity index (χ0) is 12.8. The van der Waals surface area contributed by atoms with E-state index >= 15 is 0 Å². The molecule has 1 aromatic rings. The fraction of sp³-hybridized carbons (Fsp3) is 0.357. The van der Waals surface area contributed by atoms with Crippen molar-refractivity contribution in [2.75, 3.05) is 0 Å². The van der Waals surface area contributed by atoms with Gasteiger partial charge in [-0.15, -0.1) is 6.42 Å². The van der Waals surface area contributed by atoms with E-state index in [-0.39, 0.29) is 6.10 Å². The molecule has 17 heavy (non-hydrogen) atoms. The van der Waals surface area contributed by atoms with E-state index in [4.69, 9.17) is 16.3 Å². The number of carbonyl (C=O) groups is 1. The van der Waals surface area contributed by atoms with Crippen LogP contribution in [-0.2, 0) is 16.0 Å². The number of hydrogen-bond donors (Lipinski definition) is 1. The molecule has 1 atom stereocenters. The van der Waals surface area contributed by atoms with Gasteiger partial charge >= 0.3 is 5.97 Å². The van der Waals surface area contributed by atoms with Crippen LogP contribution in [0.15, 0.2) is 24.3 Å². The van der Waals surface area contributed by atoms with E-state index < -0.39 is 12.1 Å². The Hall–Kier alpha value is -1.79. The zero-order valence-corrected chi connectivity index (χ0v) is 10.0. The van der Waals surface area contributed by atoms with Crippen molar-refractivity contribution >= 4 is 5.97 Å². The Bertz CT molecular complexity index is 429. The van der Waals surface area contributed by atoms with Crippen LogP contribution in [0.5, 0.6) is 0 Å². The first-order valence-corrected chi connectivity index (χ1v) is 5.46. The first kappa shape index (κ1) is 13.3. The summed E-state index contributed by atoms with van der Waals surface area (Å²) in [4.78, 5) is 11.0. The first-order chi connectivity index (χ1) is 8.02. The minimum absolute atomic E-state index is 0.119. The summed E-state index contributed by atoms with van der Waals surface area (Å²) in [6.45, 7) is 3.63. The molecule has 0 bridgehead atoms. The smallest absolute Gasteiger partial charge is 0.333 e. The van der Waals surface area contributed by atoms with Crippen LogP contribution in [0.3, 0.4) is 0 Å². The summed E-state index contributed by atoms with van der Waals surface area (Å²) < 4.78 is 5.34. The normalized spacial score (nSPS) is 12.1. The Morgan fingerprint density at radius 1 is 1.53 bits per heavy atom. The van der Waals surface area contributed by atoms with Crippen molar-refractivity contribution in [1.29, 1.82) is 0 Å². The first-order valence-electron chi connectivity index (χ1n) is 5.46. The van der Waals surface area contributed by atoms with Crippen LogP contribution in [0.4, 0.5) is 0 Å². The number of ether oxygens (including phenoxy) is 1. The molecule has 0 aliphatic carbocycles. The van der Waals surface area contributed by atoms with Crippen LogP contribution in [-0.4, -0.2) is 23.3 Å². The highest BCUT2D eigenvalue weighted by atomic mass is 16.5. The van der Waals surface area contributed by atoms with Gasteiger partial charge in [0, 0.05) is 12.0 Å². The highest BCUT2D eigenvalue weighted by molar-refractivity contribution is 5.72. The summed E-state index contributed by atoms with van der Waals surface area (Å²) in [6, 6.07) is 7.28. The van der Waals surface area contributed by atoms with E-state index in [0.29, 0.717) is 6.42 Å². The average Bonchev–Trinajstić information content (AvgIpc) is 2.27. The third-order valence-electron chi connectivity index (χ3n) is 2.23. The molecule has 1 unspecified atom stereocenters. The Morgan fingerprint density at radius 3 is 2.76 bits per heavy atom. The van der Waals surface area contributed by atoms with Crippen LogP contribution in [0.1, 0.15) is 25.0 Å². The van der Waals surface area contributed by atoms with Crippen LogP contribution in [0.25, 0.3) is 0 Å². The van der Waals surface area contributed by atoms with Gasteiger partial charge in [-0.05, 0) is 31.5 Å². The molecule has 3 nitrogen and oxygen atoms in total. The molecule has 0 saturated heterocycles. The molecule has 0 amide bonds. The van der Waals surface area contributed by atoms with Crippen molar-refractivity contribution < 1.29 is 14.6 Å². The second-order valence-electron chi connectivity index (χ2n) is 4.06. The molecular formula is C14H16O3. The summed E-state index contributed by atoms with van der Waals surface area (Å²) in [5, 5.41) is 9.04. The maximum absolute atomic E-state index is 11.0. The predicted octanol–water partition coefficient (Wildman–Crippen LogP) is 2.09. The van der Waals surface area contributed by atoms with E-state index in [1.807, 2.05) is 32.0 Å². The number of rotatable bonds is 5. The maximum atomic E-state index is 11.0. The second kappa shape index (κ2) is 6.07. The summed E-state index contributed by atoms with van der Waals surface area (Å²) in [6.07, 6.45) is 4.67. The number of terminal acetylenes is 1. The van der Waals surface area contributed by atoms with E-state index in [2.05, 4.69) is 5.92 Å². The quantitative estimate of drug-likeness (QED) is 0.791. The third kappa shape index (κ3) is 4.29. The molecule has 0 radical (unpaired) electrons. The van der Waals surface area contributed by atoms with Crippen LogP contribution in [0, 0.1) is 12.3 Å². The standard InChI is InChI=1S/C14H16O3/c1-4-11-6-5-7-12(8-11)9-13(14(15)16)17-10(2)3/h1,5-8,10,13H,9H2,2-3H3,(H,15,16). The maximum Gasteiger partial charge on any atom is 0.333 e. The number of aliphatic carboxylic acids is 1. The minimum Gasteiger partial charge on any atom is -0.479 e. The van der Waals surface area contributed by atoms with Crippen LogP contribution < -0.4 is 0 Å². The Kier molecular flexibility index (Phi) is 4.74. The summed E-state index contributed by atoms with van der Waals surface area (Å²) in [7, 11) is 0. The third-order valence-corrected chi connectivity index (χ3v) is 2.23. The van der Waals surface area contributed by atoms with Crippen molar-refractivity contribution in [3.63, 3.8) is 0 Å². The largest absolute Gasteiger partial charge is 0.479 e. The van der Waals surface area contributed by atoms with Gasteiger partial charge in [0.1, 0.15) is 0 Å². The highest BCUT2D eigenvalue weighted by Crippen LogP contribution is 2.10. The molecule has 3 heteroatoms. The fourth-order valence-corrected chi connectivity index (χ4v) is 1.52. The molecule has 0 fully saturated rings. The van der Waals surface area contributed by atoms with E-state index in [1.54, 1.807) is 6.07 Å². The summed E-state index contributed by atoms with van der Waals surface area (Å²) in [5.41, 5.74) is 1.62. The van der Waals surface area contributed by atoms with Gasteiger partial charge in [0.25, 0.3) is 0 Å². The predicted molar refractivity (Wildman–Crippen MR) is 65.7 cm³/mol. The minimum atomic E-state index is -0.954. The van der Waals surface area contributed by atoms with E-state index in [1.165, 1.54) is 0 Å². The summed E-state index contributed by atoms with van der Waals surface area (Å²) >= 11 is 0. The summed E-state index contributed by atoms with van der Waals surface area (Å²) in [5.74, 6) is 1.57. The zero-order valence-electron chi connectivity index (χ0n) is 10.0. The molecule has 0 heterocycles. The topological polar surface area (TPSA) is 46.5 Å². The highest BCUT2D eigenvalue weighted by Gasteiger charge is 2.19. The Balaban J connectivity index is 2.79. The van der Waals surface area contributed by atoms with Crippen molar-refractivity contribution in [3.8, 4) is 12.3 Å². The number of carboxylic acids is 1. The Labute approximate surface area is 101 Å². The van der Waals surface area contributed by atoms with Crippen molar-refractivity contribution in [2.45, 2.75) is 32.5 Å². The van der Waals surface area contributed by atoms with Gasteiger partial charge in [-0.3, -0.25) is 0 Å². The lowest BCUT2D eigenvalue weighted by Crippen LogP contribution is -2.29. The SMILES string of the molecule is C#Cc1cccc(CC(OC(C)C)C(=O)O)c1. The van der Waals surface area contributed by atoms with Gasteiger partial charge in [0.05, 0.1) is 6.10 Å². The van der Waals surface area contributed by atoms with E-state index in [9.17, 15) is 4.79 Å². The van der Waals surface area contributed by atoms with Crippen LogP contribution >= 0.6 is 0 Å². The van der Waals surface area contributed by atoms with Crippen molar-refractivity contribution in [3.05, 3.63) is 35.4 Å². The van der Waals surface area contributed by atoms with Crippen molar-refractivity contribution in [1.82, 2.24) is 0 Å². The monoisotopic (exact) mass is 232 g/mol. The molecule has 0 aliphatic rings. The molecule has 0 aromatic heterocycles. The lowest BCUT2D eigenvalue weighted by Gasteiger charge is -2.16. The molecule has 0 aliphatic heterocycles. The number of benzene rings is 1. The number of carboxylic acid groups (broad SMARTS) is 1.